The molecule has 0 radical (unpaired) electrons. The van der Waals surface area contributed by atoms with E-state index in [0.717, 1.165) is 44.6 Å². The van der Waals surface area contributed by atoms with E-state index in [9.17, 15) is 9.50 Å². The van der Waals surface area contributed by atoms with Crippen LogP contribution in [0.2, 0.25) is 0 Å². The van der Waals surface area contributed by atoms with Crippen LogP contribution in [0.25, 0.3) is 0 Å². The highest BCUT2D eigenvalue weighted by atomic mass is 35.5. The topological polar surface area (TPSA) is 35.5 Å². The highest BCUT2D eigenvalue weighted by Gasteiger charge is 2.25. The largest absolute Gasteiger partial charge is 0.507 e. The number of halogens is 2. The molecule has 0 aliphatic carbocycles. The van der Waals surface area contributed by atoms with Crippen LogP contribution in [-0.2, 0) is 0 Å². The summed E-state index contributed by atoms with van der Waals surface area (Å²) >= 11 is 0. The Balaban J connectivity index is 0.00000242. The van der Waals surface area contributed by atoms with Crippen molar-refractivity contribution in [3.63, 3.8) is 0 Å². The Morgan fingerprint density at radius 2 is 1.95 bits per heavy atom. The van der Waals surface area contributed by atoms with Gasteiger partial charge in [-0.05, 0) is 31.0 Å². The molecule has 1 aliphatic heterocycles. The number of aromatic hydroxyl groups is 1. The zero-order valence-corrected chi connectivity index (χ0v) is 14.4. The number of unbranched alkanes of at least 4 members (excludes halogenated alkanes) is 2. The average Bonchev–Trinajstić information content (AvgIpc) is 2.49. The van der Waals surface area contributed by atoms with Gasteiger partial charge in [0, 0.05) is 37.8 Å². The van der Waals surface area contributed by atoms with Crippen molar-refractivity contribution in [3.05, 3.63) is 29.1 Å². The summed E-state index contributed by atoms with van der Waals surface area (Å²) in [5.74, 6) is 0.00681. The van der Waals surface area contributed by atoms with Gasteiger partial charge in [0.15, 0.2) is 0 Å². The number of nitrogens with zero attached hydrogens (tertiary/aromatic N) is 1. The Morgan fingerprint density at radius 3 is 2.59 bits per heavy atom. The molecule has 0 unspecified atom stereocenters. The molecule has 2 rings (SSSR count). The molecule has 0 bridgehead atoms. The molecule has 22 heavy (non-hydrogen) atoms. The maximum Gasteiger partial charge on any atom is 0.124 e. The van der Waals surface area contributed by atoms with Crippen LogP contribution in [0.3, 0.4) is 0 Å². The van der Waals surface area contributed by atoms with E-state index in [1.165, 1.54) is 25.0 Å². The smallest absolute Gasteiger partial charge is 0.124 e. The molecule has 1 aromatic rings. The number of phenols is 1. The molecule has 5 heteroatoms. The molecule has 1 aromatic carbocycles. The lowest BCUT2D eigenvalue weighted by Gasteiger charge is -2.36. The Morgan fingerprint density at radius 1 is 1.27 bits per heavy atom. The average molecular weight is 331 g/mol. The molecule has 1 aliphatic rings. The van der Waals surface area contributed by atoms with Crippen molar-refractivity contribution in [1.82, 2.24) is 10.2 Å². The van der Waals surface area contributed by atoms with Gasteiger partial charge in [-0.2, -0.15) is 0 Å². The maximum absolute atomic E-state index is 13.8. The predicted molar refractivity (Wildman–Crippen MR) is 91.4 cm³/mol. The van der Waals surface area contributed by atoms with Gasteiger partial charge in [-0.3, -0.25) is 4.90 Å². The number of aryl methyl sites for hydroxylation is 1. The fourth-order valence-electron chi connectivity index (χ4n) is 3.13. The molecule has 3 nitrogen and oxygen atoms in total. The first kappa shape index (κ1) is 19.2. The molecule has 0 amide bonds. The predicted octanol–water partition coefficient (Wildman–Crippen LogP) is 3.79. The Bertz CT molecular complexity index is 464. The third kappa shape index (κ3) is 4.83. The second-order valence-electron chi connectivity index (χ2n) is 5.96. The third-order valence-electron chi connectivity index (χ3n) is 4.33. The number of hydrogen-bond donors (Lipinski definition) is 2. The highest BCUT2D eigenvalue weighted by molar-refractivity contribution is 5.85. The molecule has 1 heterocycles. The summed E-state index contributed by atoms with van der Waals surface area (Å²) in [5, 5.41) is 13.7. The van der Waals surface area contributed by atoms with Crippen LogP contribution in [0.5, 0.6) is 5.75 Å². The van der Waals surface area contributed by atoms with E-state index in [2.05, 4.69) is 17.1 Å². The Hall–Kier alpha value is -0.840. The molecule has 126 valence electrons. The van der Waals surface area contributed by atoms with Gasteiger partial charge in [0.05, 0.1) is 0 Å². The van der Waals surface area contributed by atoms with E-state index < -0.39 is 0 Å². The van der Waals surface area contributed by atoms with Crippen LogP contribution in [0.15, 0.2) is 12.1 Å². The standard InChI is InChI=1S/C17H27FN2O.ClH/c1-3-4-5-6-16(20-9-7-19-8-10-20)15-12-14(18)11-13(2)17(15)21;/h11-12,16,19,21H,3-10H2,1-2H3;1H/t16-;/m0./s1. The monoisotopic (exact) mass is 330 g/mol. The SMILES string of the molecule is CCCCC[C@@H](c1cc(F)cc(C)c1O)N1CCNCC1.Cl. The minimum Gasteiger partial charge on any atom is -0.507 e. The second-order valence-corrected chi connectivity index (χ2v) is 5.96. The fourth-order valence-corrected chi connectivity index (χ4v) is 3.13. The Labute approximate surface area is 139 Å². The molecule has 0 aromatic heterocycles. The maximum atomic E-state index is 13.8. The van der Waals surface area contributed by atoms with Gasteiger partial charge in [0.2, 0.25) is 0 Å². The normalized spacial score (nSPS) is 17.0. The number of piperazine rings is 1. The first-order valence-corrected chi connectivity index (χ1v) is 8.07. The molecular formula is C17H28ClFN2O. The summed E-state index contributed by atoms with van der Waals surface area (Å²) in [7, 11) is 0. The lowest BCUT2D eigenvalue weighted by molar-refractivity contribution is 0.160. The van der Waals surface area contributed by atoms with E-state index >= 15 is 0 Å². The van der Waals surface area contributed by atoms with Gasteiger partial charge in [-0.25, -0.2) is 4.39 Å². The molecule has 2 N–H and O–H groups in total. The van der Waals surface area contributed by atoms with Gasteiger partial charge in [0.25, 0.3) is 0 Å². The molecule has 1 fully saturated rings. The zero-order valence-electron chi connectivity index (χ0n) is 13.6. The summed E-state index contributed by atoms with van der Waals surface area (Å²) in [6.45, 7) is 7.77. The number of phenolic OH excluding ortho intramolecular Hbond substituents is 1. The molecule has 1 atom stereocenters. The van der Waals surface area contributed by atoms with Crippen molar-refractivity contribution in [2.45, 2.75) is 45.6 Å². The zero-order chi connectivity index (χ0) is 15.2. The van der Waals surface area contributed by atoms with E-state index in [-0.39, 0.29) is 30.0 Å². The van der Waals surface area contributed by atoms with Gasteiger partial charge >= 0.3 is 0 Å². The van der Waals surface area contributed by atoms with Crippen molar-refractivity contribution < 1.29 is 9.50 Å². The lowest BCUT2D eigenvalue weighted by Crippen LogP contribution is -2.45. The minimum absolute atomic E-state index is 0. The van der Waals surface area contributed by atoms with E-state index in [1.807, 2.05) is 0 Å². The van der Waals surface area contributed by atoms with Crippen LogP contribution in [-0.4, -0.2) is 36.2 Å². The van der Waals surface area contributed by atoms with Crippen LogP contribution in [0.1, 0.15) is 49.8 Å². The summed E-state index contributed by atoms with van der Waals surface area (Å²) in [6.07, 6.45) is 4.43. The quantitative estimate of drug-likeness (QED) is 0.779. The van der Waals surface area contributed by atoms with Crippen molar-refractivity contribution in [1.29, 1.82) is 0 Å². The van der Waals surface area contributed by atoms with Crippen LogP contribution >= 0.6 is 12.4 Å². The summed E-state index contributed by atoms with van der Waals surface area (Å²) in [4.78, 5) is 2.38. The van der Waals surface area contributed by atoms with Crippen LogP contribution < -0.4 is 5.32 Å². The molecule has 0 spiro atoms. The van der Waals surface area contributed by atoms with E-state index in [0.29, 0.717) is 5.56 Å². The van der Waals surface area contributed by atoms with Crippen molar-refractivity contribution >= 4 is 12.4 Å². The molecular weight excluding hydrogens is 303 g/mol. The first-order valence-electron chi connectivity index (χ1n) is 8.07. The highest BCUT2D eigenvalue weighted by Crippen LogP contribution is 2.35. The molecule has 0 saturated carbocycles. The Kier molecular flexibility index (Phi) is 8.15. The third-order valence-corrected chi connectivity index (χ3v) is 4.33. The minimum atomic E-state index is -0.254. The number of rotatable bonds is 6. The van der Waals surface area contributed by atoms with Gasteiger partial charge in [-0.15, -0.1) is 12.4 Å². The molecule has 1 saturated heterocycles. The number of benzene rings is 1. The first-order chi connectivity index (χ1) is 10.1. The van der Waals surface area contributed by atoms with Gasteiger partial charge in [0.1, 0.15) is 11.6 Å². The second kappa shape index (κ2) is 9.33. The van der Waals surface area contributed by atoms with Crippen molar-refractivity contribution in [2.24, 2.45) is 0 Å². The van der Waals surface area contributed by atoms with Crippen LogP contribution in [0, 0.1) is 12.7 Å². The summed E-state index contributed by atoms with van der Waals surface area (Å²) < 4.78 is 13.8. The number of nitrogens with one attached hydrogen (secondary N) is 1. The number of hydrogen-bond acceptors (Lipinski definition) is 3. The summed E-state index contributed by atoms with van der Waals surface area (Å²) in [5.41, 5.74) is 1.38. The van der Waals surface area contributed by atoms with Gasteiger partial charge in [-0.1, -0.05) is 26.2 Å². The van der Waals surface area contributed by atoms with Gasteiger partial charge < -0.3 is 10.4 Å². The lowest BCUT2D eigenvalue weighted by atomic mass is 9.95. The van der Waals surface area contributed by atoms with Crippen molar-refractivity contribution in [2.75, 3.05) is 26.2 Å². The fraction of sp³-hybridized carbons (Fsp3) is 0.647. The van der Waals surface area contributed by atoms with Crippen molar-refractivity contribution in [3.8, 4) is 5.75 Å². The van der Waals surface area contributed by atoms with E-state index in [1.54, 1.807) is 6.92 Å². The van der Waals surface area contributed by atoms with Crippen LogP contribution in [0.4, 0.5) is 4.39 Å². The van der Waals surface area contributed by atoms with E-state index in [4.69, 9.17) is 0 Å². The summed E-state index contributed by atoms with van der Waals surface area (Å²) in [6, 6.07) is 3.04.